The van der Waals surface area contributed by atoms with E-state index >= 15 is 0 Å². The Morgan fingerprint density at radius 2 is 1.23 bits per heavy atom. The Hall–Kier alpha value is -0.610. The summed E-state index contributed by atoms with van der Waals surface area (Å²) in [5.74, 6) is -0.901. The molecule has 3 heterocycles. The van der Waals surface area contributed by atoms with E-state index in [2.05, 4.69) is 4.90 Å². The molecule has 0 amide bonds. The first-order valence-corrected chi connectivity index (χ1v) is 9.48. The zero-order valence-corrected chi connectivity index (χ0v) is 14.2. The summed E-state index contributed by atoms with van der Waals surface area (Å²) < 4.78 is 1.41. The largest absolute Gasteiger partial charge is 0.550 e. The van der Waals surface area contributed by atoms with Crippen LogP contribution in [0.3, 0.4) is 0 Å². The molecule has 0 aliphatic carbocycles. The monoisotopic (exact) mass is 310 g/mol. The maximum Gasteiger partial charge on any atom is 0.0916 e. The van der Waals surface area contributed by atoms with E-state index in [1.165, 1.54) is 95.2 Å². The van der Waals surface area contributed by atoms with Crippen LogP contribution in [0, 0.1) is 0 Å². The number of carboxylic acids is 1. The summed E-state index contributed by atoms with van der Waals surface area (Å²) >= 11 is 0. The molecule has 0 aromatic rings. The van der Waals surface area contributed by atoms with Crippen LogP contribution in [0.1, 0.15) is 64.2 Å². The van der Waals surface area contributed by atoms with Crippen LogP contribution in [0.4, 0.5) is 0 Å². The van der Waals surface area contributed by atoms with Crippen molar-refractivity contribution < 1.29 is 14.4 Å². The van der Waals surface area contributed by atoms with Crippen molar-refractivity contribution in [2.24, 2.45) is 0 Å². The minimum atomic E-state index is -0.901. The molecule has 128 valence electrons. The zero-order valence-electron chi connectivity index (χ0n) is 14.2. The maximum atomic E-state index is 10.3. The van der Waals surface area contributed by atoms with Gasteiger partial charge in [-0.25, -0.2) is 0 Å². The van der Waals surface area contributed by atoms with E-state index in [1.807, 2.05) is 0 Å². The number of carboxylic acid groups (broad SMARTS) is 1. The molecule has 0 aromatic carbocycles. The molecule has 0 atom stereocenters. The van der Waals surface area contributed by atoms with Crippen molar-refractivity contribution >= 4 is 5.97 Å². The fraction of sp³-hybridized carbons (Fsp3) is 0.944. The fourth-order valence-electron chi connectivity index (χ4n) is 4.02. The second-order valence-corrected chi connectivity index (χ2v) is 7.38. The predicted molar refractivity (Wildman–Crippen MR) is 87.3 cm³/mol. The maximum absolute atomic E-state index is 10.3. The number of carbonyl (C=O) groups excluding carboxylic acids is 1. The molecule has 3 aliphatic rings. The lowest BCUT2D eigenvalue weighted by atomic mass is 10.1. The molecule has 0 radical (unpaired) electrons. The molecule has 0 saturated carbocycles. The van der Waals surface area contributed by atoms with E-state index in [4.69, 9.17) is 0 Å². The lowest BCUT2D eigenvalue weighted by molar-refractivity contribution is -0.941. The number of piperazine rings is 3. The second-order valence-electron chi connectivity index (χ2n) is 7.38. The molecule has 0 spiro atoms. The van der Waals surface area contributed by atoms with Gasteiger partial charge in [-0.3, -0.25) is 4.90 Å². The zero-order chi connectivity index (χ0) is 15.7. The average Bonchev–Trinajstić information content (AvgIpc) is 2.54. The first-order chi connectivity index (χ1) is 10.7. The molecule has 0 N–H and O–H groups in total. The van der Waals surface area contributed by atoms with Crippen LogP contribution in [-0.2, 0) is 4.79 Å². The van der Waals surface area contributed by atoms with Crippen molar-refractivity contribution in [3.8, 4) is 0 Å². The highest BCUT2D eigenvalue weighted by molar-refractivity contribution is 5.63. The lowest BCUT2D eigenvalue weighted by Crippen LogP contribution is -2.67. The summed E-state index contributed by atoms with van der Waals surface area (Å²) in [5, 5.41) is 10.3. The standard InChI is InChI=1S/C18H34N2O2/c21-18(22)10-8-6-4-2-1-3-5-7-9-14-20-15-11-19(12-16-20)13-17-20/h1-17H2. The third kappa shape index (κ3) is 6.25. The number of rotatable bonds is 12. The molecule has 2 bridgehead atoms. The SMILES string of the molecule is O=C([O-])CCCCCCCCCCC[N+]12CCN(CC1)CC2. The number of hydrogen-bond acceptors (Lipinski definition) is 3. The summed E-state index contributed by atoms with van der Waals surface area (Å²) in [6.45, 7) is 9.59. The molecule has 3 rings (SSSR count). The van der Waals surface area contributed by atoms with E-state index in [0.29, 0.717) is 0 Å². The van der Waals surface area contributed by atoms with Gasteiger partial charge < -0.3 is 14.4 Å². The van der Waals surface area contributed by atoms with Crippen LogP contribution in [-0.4, -0.2) is 61.2 Å². The minimum absolute atomic E-state index is 0.234. The highest BCUT2D eigenvalue weighted by Crippen LogP contribution is 2.21. The Bertz CT molecular complexity index is 311. The minimum Gasteiger partial charge on any atom is -0.550 e. The van der Waals surface area contributed by atoms with E-state index in [-0.39, 0.29) is 6.42 Å². The van der Waals surface area contributed by atoms with Crippen molar-refractivity contribution in [3.63, 3.8) is 0 Å². The molecule has 3 saturated heterocycles. The van der Waals surface area contributed by atoms with Gasteiger partial charge >= 0.3 is 0 Å². The number of unbranched alkanes of at least 4 members (excludes halogenated alkanes) is 8. The number of fused-ring (bicyclic) bond motifs is 3. The number of carbonyl (C=O) groups is 1. The van der Waals surface area contributed by atoms with Gasteiger partial charge in [0.2, 0.25) is 0 Å². The van der Waals surface area contributed by atoms with Crippen LogP contribution in [0.2, 0.25) is 0 Å². The first kappa shape index (κ1) is 17.7. The van der Waals surface area contributed by atoms with Gasteiger partial charge in [-0.1, -0.05) is 38.5 Å². The number of hydrogen-bond donors (Lipinski definition) is 0. The molecule has 4 heteroatoms. The Kier molecular flexibility index (Phi) is 7.67. The van der Waals surface area contributed by atoms with Gasteiger partial charge in [0.15, 0.2) is 0 Å². The number of nitrogens with zero attached hydrogens (tertiary/aromatic N) is 2. The highest BCUT2D eigenvalue weighted by Gasteiger charge is 2.37. The summed E-state index contributed by atoms with van der Waals surface area (Å²) in [4.78, 5) is 12.9. The van der Waals surface area contributed by atoms with Crippen molar-refractivity contribution in [1.29, 1.82) is 0 Å². The van der Waals surface area contributed by atoms with Gasteiger partial charge in [0.25, 0.3) is 0 Å². The molecular weight excluding hydrogens is 276 g/mol. The topological polar surface area (TPSA) is 43.4 Å². The van der Waals surface area contributed by atoms with Gasteiger partial charge in [-0.05, 0) is 25.7 Å². The van der Waals surface area contributed by atoms with Gasteiger partial charge in [0.1, 0.15) is 0 Å². The van der Waals surface area contributed by atoms with Gasteiger partial charge in [0.05, 0.1) is 26.2 Å². The van der Waals surface area contributed by atoms with E-state index in [9.17, 15) is 9.90 Å². The highest BCUT2D eigenvalue weighted by atomic mass is 16.4. The molecule has 3 aliphatic heterocycles. The van der Waals surface area contributed by atoms with Crippen LogP contribution < -0.4 is 5.11 Å². The van der Waals surface area contributed by atoms with Crippen molar-refractivity contribution in [1.82, 2.24) is 4.90 Å². The van der Waals surface area contributed by atoms with E-state index in [0.717, 1.165) is 12.8 Å². The Morgan fingerprint density at radius 1 is 0.773 bits per heavy atom. The molecule has 22 heavy (non-hydrogen) atoms. The third-order valence-corrected chi connectivity index (χ3v) is 5.69. The molecule has 0 unspecified atom stereocenters. The molecular formula is C18H34N2O2. The number of quaternary nitrogens is 1. The summed E-state index contributed by atoms with van der Waals surface area (Å²) in [7, 11) is 0. The lowest BCUT2D eigenvalue weighted by Gasteiger charge is -2.50. The third-order valence-electron chi connectivity index (χ3n) is 5.69. The number of aliphatic carboxylic acids is 1. The van der Waals surface area contributed by atoms with Crippen LogP contribution in [0.5, 0.6) is 0 Å². The van der Waals surface area contributed by atoms with E-state index in [1.54, 1.807) is 0 Å². The summed E-state index contributed by atoms with van der Waals surface area (Å²) in [6, 6.07) is 0. The second kappa shape index (κ2) is 9.51. The molecule has 3 fully saturated rings. The van der Waals surface area contributed by atoms with Crippen LogP contribution in [0.15, 0.2) is 0 Å². The van der Waals surface area contributed by atoms with E-state index < -0.39 is 5.97 Å². The molecule has 0 aromatic heterocycles. The Morgan fingerprint density at radius 3 is 1.73 bits per heavy atom. The first-order valence-electron chi connectivity index (χ1n) is 9.48. The fourth-order valence-corrected chi connectivity index (χ4v) is 4.02. The van der Waals surface area contributed by atoms with Crippen molar-refractivity contribution in [3.05, 3.63) is 0 Å². The normalized spacial score (nSPS) is 27.2. The van der Waals surface area contributed by atoms with Crippen molar-refractivity contribution in [2.75, 3.05) is 45.8 Å². The summed E-state index contributed by atoms with van der Waals surface area (Å²) in [6.07, 6.45) is 11.4. The summed E-state index contributed by atoms with van der Waals surface area (Å²) in [5.41, 5.74) is 0. The predicted octanol–water partition coefficient (Wildman–Crippen LogP) is 1.78. The smallest absolute Gasteiger partial charge is 0.0916 e. The Balaban J connectivity index is 1.36. The van der Waals surface area contributed by atoms with Crippen LogP contribution in [0.25, 0.3) is 0 Å². The van der Waals surface area contributed by atoms with Gasteiger partial charge in [-0.15, -0.1) is 0 Å². The average molecular weight is 310 g/mol. The van der Waals surface area contributed by atoms with Crippen molar-refractivity contribution in [2.45, 2.75) is 64.2 Å². The van der Waals surface area contributed by atoms with Gasteiger partial charge in [0, 0.05) is 25.6 Å². The van der Waals surface area contributed by atoms with Crippen LogP contribution >= 0.6 is 0 Å². The van der Waals surface area contributed by atoms with Gasteiger partial charge in [-0.2, -0.15) is 0 Å². The quantitative estimate of drug-likeness (QED) is 0.408. The molecule has 4 nitrogen and oxygen atoms in total. The Labute approximate surface area is 136 Å².